The second-order valence-corrected chi connectivity index (χ2v) is 3.74. The highest BCUT2D eigenvalue weighted by Crippen LogP contribution is 2.25. The van der Waals surface area contributed by atoms with Crippen LogP contribution in [0.5, 0.6) is 0 Å². The maximum atomic E-state index is 11.7. The van der Waals surface area contributed by atoms with E-state index in [1.54, 1.807) is 4.90 Å². The minimum absolute atomic E-state index is 0.0312. The number of para-hydroxylation sites is 1. The van der Waals surface area contributed by atoms with Crippen LogP contribution in [-0.2, 0) is 4.79 Å². The molecule has 1 aromatic rings. The minimum Gasteiger partial charge on any atom is -0.320 e. The second kappa shape index (κ2) is 3.42. The van der Waals surface area contributed by atoms with Gasteiger partial charge in [-0.25, -0.2) is 0 Å². The molecular weight excluding hydrogens is 176 g/mol. The number of carbonyl (C=O) groups excluding carboxylic acids is 1. The third-order valence-electron chi connectivity index (χ3n) is 2.62. The molecule has 3 heteroatoms. The van der Waals surface area contributed by atoms with Crippen LogP contribution in [0, 0.1) is 0 Å². The molecule has 74 valence electrons. The van der Waals surface area contributed by atoms with Gasteiger partial charge in [0.15, 0.2) is 0 Å². The van der Waals surface area contributed by atoms with Crippen molar-refractivity contribution in [3.8, 4) is 0 Å². The largest absolute Gasteiger partial charge is 0.320 e. The number of hydrogen-bond acceptors (Lipinski definition) is 2. The van der Waals surface area contributed by atoms with Gasteiger partial charge >= 0.3 is 0 Å². The molecule has 0 unspecified atom stereocenters. The summed E-state index contributed by atoms with van der Waals surface area (Å²) < 4.78 is 0. The highest BCUT2D eigenvalue weighted by Gasteiger charge is 2.35. The SMILES string of the molecule is C[C@@H]1C[C@@H](N)C(=O)N1c1ccccc1. The summed E-state index contributed by atoms with van der Waals surface area (Å²) in [5, 5.41) is 0. The predicted molar refractivity (Wildman–Crippen MR) is 56.0 cm³/mol. The van der Waals surface area contributed by atoms with Crippen LogP contribution in [-0.4, -0.2) is 18.0 Å². The number of anilines is 1. The van der Waals surface area contributed by atoms with Gasteiger partial charge < -0.3 is 10.6 Å². The van der Waals surface area contributed by atoms with E-state index in [2.05, 4.69) is 0 Å². The van der Waals surface area contributed by atoms with Gasteiger partial charge in [0.05, 0.1) is 6.04 Å². The minimum atomic E-state index is -0.329. The first-order valence-electron chi connectivity index (χ1n) is 4.84. The molecule has 0 aliphatic carbocycles. The number of amides is 1. The summed E-state index contributed by atoms with van der Waals surface area (Å²) in [6.45, 7) is 2.03. The molecule has 0 spiro atoms. The summed E-state index contributed by atoms with van der Waals surface area (Å²) in [4.78, 5) is 13.5. The third kappa shape index (κ3) is 1.40. The fourth-order valence-corrected chi connectivity index (χ4v) is 1.94. The normalized spacial score (nSPS) is 27.0. The number of rotatable bonds is 1. The lowest BCUT2D eigenvalue weighted by molar-refractivity contribution is -0.118. The van der Waals surface area contributed by atoms with E-state index in [-0.39, 0.29) is 18.0 Å². The van der Waals surface area contributed by atoms with E-state index in [1.807, 2.05) is 37.3 Å². The summed E-state index contributed by atoms with van der Waals surface area (Å²) in [6.07, 6.45) is 0.744. The molecule has 2 atom stereocenters. The van der Waals surface area contributed by atoms with Crippen LogP contribution in [0.4, 0.5) is 5.69 Å². The maximum absolute atomic E-state index is 11.7. The van der Waals surface area contributed by atoms with Crippen molar-refractivity contribution in [2.75, 3.05) is 4.90 Å². The van der Waals surface area contributed by atoms with Crippen molar-refractivity contribution in [3.63, 3.8) is 0 Å². The first kappa shape index (κ1) is 9.21. The first-order chi connectivity index (χ1) is 6.70. The fraction of sp³-hybridized carbons (Fsp3) is 0.364. The number of benzene rings is 1. The lowest BCUT2D eigenvalue weighted by Crippen LogP contribution is -2.35. The van der Waals surface area contributed by atoms with E-state index in [9.17, 15) is 4.79 Å². The van der Waals surface area contributed by atoms with Gasteiger partial charge in [0, 0.05) is 11.7 Å². The molecule has 14 heavy (non-hydrogen) atoms. The quantitative estimate of drug-likeness (QED) is 0.721. The average molecular weight is 190 g/mol. The molecule has 0 bridgehead atoms. The van der Waals surface area contributed by atoms with E-state index >= 15 is 0 Å². The van der Waals surface area contributed by atoms with Gasteiger partial charge in [-0.3, -0.25) is 4.79 Å². The van der Waals surface area contributed by atoms with Gasteiger partial charge in [-0.2, -0.15) is 0 Å². The zero-order chi connectivity index (χ0) is 10.1. The van der Waals surface area contributed by atoms with Gasteiger partial charge in [-0.05, 0) is 25.5 Å². The molecule has 1 amide bonds. The number of carbonyl (C=O) groups is 1. The van der Waals surface area contributed by atoms with Gasteiger partial charge in [-0.1, -0.05) is 18.2 Å². The highest BCUT2D eigenvalue weighted by molar-refractivity contribution is 5.99. The van der Waals surface area contributed by atoms with E-state index in [0.717, 1.165) is 12.1 Å². The van der Waals surface area contributed by atoms with Gasteiger partial charge in [0.25, 0.3) is 0 Å². The molecular formula is C11H14N2O. The molecule has 0 aromatic heterocycles. The summed E-state index contributed by atoms with van der Waals surface area (Å²) in [5.41, 5.74) is 6.65. The standard InChI is InChI=1S/C11H14N2O/c1-8-7-10(12)11(14)13(8)9-5-3-2-4-6-9/h2-6,8,10H,7,12H2,1H3/t8-,10-/m1/s1. The molecule has 1 fully saturated rings. The monoisotopic (exact) mass is 190 g/mol. The Balaban J connectivity index is 2.31. The van der Waals surface area contributed by atoms with Crippen molar-refractivity contribution in [3.05, 3.63) is 30.3 Å². The third-order valence-corrected chi connectivity index (χ3v) is 2.62. The van der Waals surface area contributed by atoms with Crippen LogP contribution in [0.15, 0.2) is 30.3 Å². The van der Waals surface area contributed by atoms with Crippen LogP contribution in [0.25, 0.3) is 0 Å². The van der Waals surface area contributed by atoms with Gasteiger partial charge in [-0.15, -0.1) is 0 Å². The highest BCUT2D eigenvalue weighted by atomic mass is 16.2. The molecule has 1 aromatic carbocycles. The summed E-state index contributed by atoms with van der Waals surface area (Å²) in [6, 6.07) is 9.55. The Morgan fingerprint density at radius 2 is 2.00 bits per heavy atom. The Morgan fingerprint density at radius 1 is 1.36 bits per heavy atom. The molecule has 2 N–H and O–H groups in total. The average Bonchev–Trinajstić information content (AvgIpc) is 2.43. The van der Waals surface area contributed by atoms with Crippen molar-refractivity contribution in [2.24, 2.45) is 5.73 Å². The molecule has 1 saturated heterocycles. The molecule has 0 saturated carbocycles. The zero-order valence-electron chi connectivity index (χ0n) is 8.18. The summed E-state index contributed by atoms with van der Waals surface area (Å²) >= 11 is 0. The molecule has 1 aliphatic heterocycles. The van der Waals surface area contributed by atoms with E-state index in [1.165, 1.54) is 0 Å². The Labute approximate surface area is 83.5 Å². The van der Waals surface area contributed by atoms with Crippen LogP contribution in [0.3, 0.4) is 0 Å². The second-order valence-electron chi connectivity index (χ2n) is 3.74. The maximum Gasteiger partial charge on any atom is 0.244 e. The lowest BCUT2D eigenvalue weighted by atomic mass is 10.2. The molecule has 1 heterocycles. The topological polar surface area (TPSA) is 46.3 Å². The van der Waals surface area contributed by atoms with E-state index in [0.29, 0.717) is 0 Å². The van der Waals surface area contributed by atoms with Gasteiger partial charge in [0.2, 0.25) is 5.91 Å². The van der Waals surface area contributed by atoms with Crippen LogP contribution < -0.4 is 10.6 Å². The first-order valence-corrected chi connectivity index (χ1v) is 4.84. The van der Waals surface area contributed by atoms with Crippen molar-refractivity contribution < 1.29 is 4.79 Å². The van der Waals surface area contributed by atoms with Crippen molar-refractivity contribution >= 4 is 11.6 Å². The van der Waals surface area contributed by atoms with Crippen molar-refractivity contribution in [2.45, 2.75) is 25.4 Å². The zero-order valence-corrected chi connectivity index (χ0v) is 8.18. The Kier molecular flexibility index (Phi) is 2.25. The number of nitrogens with two attached hydrogens (primary N) is 1. The van der Waals surface area contributed by atoms with Crippen molar-refractivity contribution in [1.29, 1.82) is 0 Å². The molecule has 3 nitrogen and oxygen atoms in total. The van der Waals surface area contributed by atoms with E-state index in [4.69, 9.17) is 5.73 Å². The predicted octanol–water partition coefficient (Wildman–Crippen LogP) is 1.14. The fourth-order valence-electron chi connectivity index (χ4n) is 1.94. The Morgan fingerprint density at radius 3 is 2.50 bits per heavy atom. The number of hydrogen-bond donors (Lipinski definition) is 1. The summed E-state index contributed by atoms with van der Waals surface area (Å²) in [5.74, 6) is 0.0312. The smallest absolute Gasteiger partial charge is 0.244 e. The van der Waals surface area contributed by atoms with E-state index < -0.39 is 0 Å². The molecule has 2 rings (SSSR count). The molecule has 0 radical (unpaired) electrons. The number of nitrogens with zero attached hydrogens (tertiary/aromatic N) is 1. The van der Waals surface area contributed by atoms with Crippen molar-refractivity contribution in [1.82, 2.24) is 0 Å². The Hall–Kier alpha value is -1.35. The summed E-state index contributed by atoms with van der Waals surface area (Å²) in [7, 11) is 0. The van der Waals surface area contributed by atoms with Crippen LogP contribution in [0.1, 0.15) is 13.3 Å². The van der Waals surface area contributed by atoms with Crippen LogP contribution in [0.2, 0.25) is 0 Å². The molecule has 1 aliphatic rings. The lowest BCUT2D eigenvalue weighted by Gasteiger charge is -2.21. The van der Waals surface area contributed by atoms with Gasteiger partial charge in [0.1, 0.15) is 0 Å². The van der Waals surface area contributed by atoms with Crippen LogP contribution >= 0.6 is 0 Å². The Bertz CT molecular complexity index is 336.